The average Bonchev–Trinajstić information content (AvgIpc) is 2.37. The molecule has 1 amide bonds. The summed E-state index contributed by atoms with van der Waals surface area (Å²) in [4.78, 5) is 12.2. The average molecular weight is 262 g/mol. The number of nitrogens with one attached hydrogen (secondary N) is 1. The molecule has 0 aromatic heterocycles. The van der Waals surface area contributed by atoms with Crippen molar-refractivity contribution in [1.82, 2.24) is 5.32 Å². The van der Waals surface area contributed by atoms with Crippen LogP contribution in [-0.2, 0) is 0 Å². The predicted octanol–water partition coefficient (Wildman–Crippen LogP) is 3.59. The molecule has 2 rings (SSSR count). The van der Waals surface area contributed by atoms with Gasteiger partial charge in [0.15, 0.2) is 0 Å². The van der Waals surface area contributed by atoms with Crippen LogP contribution in [-0.4, -0.2) is 17.3 Å². The Kier molecular flexibility index (Phi) is 3.87. The molecule has 0 spiro atoms. The minimum atomic E-state index is -0.0936. The van der Waals surface area contributed by atoms with Crippen molar-refractivity contribution >= 4 is 28.3 Å². The lowest BCUT2D eigenvalue weighted by Gasteiger charge is -2.16. The maximum absolute atomic E-state index is 12.2. The van der Waals surface area contributed by atoms with Crippen LogP contribution in [0.25, 0.3) is 10.8 Å². The summed E-state index contributed by atoms with van der Waals surface area (Å²) in [6.07, 6.45) is 0. The SMILES string of the molecule is CC(NC(=O)c1cccc2ccccc12)[C@H](C)Cl. The van der Waals surface area contributed by atoms with Gasteiger partial charge in [-0.2, -0.15) is 0 Å². The molecule has 2 nitrogen and oxygen atoms in total. The number of fused-ring (bicyclic) bond motifs is 1. The predicted molar refractivity (Wildman–Crippen MR) is 76.2 cm³/mol. The Hall–Kier alpha value is -1.54. The first-order valence-corrected chi connectivity index (χ1v) is 6.46. The molecule has 1 N–H and O–H groups in total. The summed E-state index contributed by atoms with van der Waals surface area (Å²) in [7, 11) is 0. The first kappa shape index (κ1) is 12.9. The quantitative estimate of drug-likeness (QED) is 0.841. The molecule has 0 radical (unpaired) electrons. The molecule has 1 unspecified atom stereocenters. The molecule has 18 heavy (non-hydrogen) atoms. The lowest BCUT2D eigenvalue weighted by Crippen LogP contribution is -2.37. The summed E-state index contributed by atoms with van der Waals surface area (Å²) in [5.41, 5.74) is 0.692. The van der Waals surface area contributed by atoms with Gasteiger partial charge in [-0.25, -0.2) is 0 Å². The Bertz CT molecular complexity index is 560. The summed E-state index contributed by atoms with van der Waals surface area (Å²) in [5.74, 6) is -0.0770. The van der Waals surface area contributed by atoms with E-state index in [0.717, 1.165) is 10.8 Å². The molecule has 2 aromatic carbocycles. The first-order chi connectivity index (χ1) is 8.59. The van der Waals surface area contributed by atoms with Gasteiger partial charge >= 0.3 is 0 Å². The Morgan fingerprint density at radius 2 is 1.78 bits per heavy atom. The maximum Gasteiger partial charge on any atom is 0.252 e. The number of rotatable bonds is 3. The van der Waals surface area contributed by atoms with E-state index in [9.17, 15) is 4.79 Å². The van der Waals surface area contributed by atoms with Gasteiger partial charge in [-0.3, -0.25) is 4.79 Å². The van der Waals surface area contributed by atoms with E-state index in [1.54, 1.807) is 0 Å². The highest BCUT2D eigenvalue weighted by Crippen LogP contribution is 2.18. The highest BCUT2D eigenvalue weighted by Gasteiger charge is 2.15. The van der Waals surface area contributed by atoms with Gasteiger partial charge in [0, 0.05) is 11.6 Å². The zero-order chi connectivity index (χ0) is 13.1. The molecule has 0 aliphatic rings. The number of carbonyl (C=O) groups is 1. The Morgan fingerprint density at radius 3 is 2.50 bits per heavy atom. The second kappa shape index (κ2) is 5.40. The highest BCUT2D eigenvalue weighted by atomic mass is 35.5. The Morgan fingerprint density at radius 1 is 1.11 bits per heavy atom. The molecule has 2 atom stereocenters. The molecular formula is C15H16ClNO. The smallest absolute Gasteiger partial charge is 0.252 e. The van der Waals surface area contributed by atoms with E-state index >= 15 is 0 Å². The van der Waals surface area contributed by atoms with Crippen LogP contribution in [0.5, 0.6) is 0 Å². The minimum Gasteiger partial charge on any atom is -0.348 e. The lowest BCUT2D eigenvalue weighted by atomic mass is 10.0. The number of hydrogen-bond acceptors (Lipinski definition) is 1. The number of benzene rings is 2. The van der Waals surface area contributed by atoms with Crippen LogP contribution in [0, 0.1) is 0 Å². The van der Waals surface area contributed by atoms with Gasteiger partial charge in [-0.15, -0.1) is 11.6 Å². The van der Waals surface area contributed by atoms with Gasteiger partial charge in [0.05, 0.1) is 5.38 Å². The van der Waals surface area contributed by atoms with Crippen LogP contribution < -0.4 is 5.32 Å². The van der Waals surface area contributed by atoms with E-state index in [4.69, 9.17) is 11.6 Å². The van der Waals surface area contributed by atoms with Crippen LogP contribution in [0.3, 0.4) is 0 Å². The molecule has 0 aliphatic carbocycles. The van der Waals surface area contributed by atoms with Gasteiger partial charge in [0.1, 0.15) is 0 Å². The van der Waals surface area contributed by atoms with E-state index in [2.05, 4.69) is 5.32 Å². The second-order valence-electron chi connectivity index (χ2n) is 4.47. The number of hydrogen-bond donors (Lipinski definition) is 1. The van der Waals surface area contributed by atoms with Gasteiger partial charge in [-0.05, 0) is 30.7 Å². The summed E-state index contributed by atoms with van der Waals surface area (Å²) >= 11 is 5.96. The minimum absolute atomic E-state index is 0.0573. The van der Waals surface area contributed by atoms with Crippen LogP contribution in [0.1, 0.15) is 24.2 Å². The van der Waals surface area contributed by atoms with E-state index in [-0.39, 0.29) is 17.3 Å². The third-order valence-corrected chi connectivity index (χ3v) is 3.46. The van der Waals surface area contributed by atoms with Crippen molar-refractivity contribution in [2.45, 2.75) is 25.3 Å². The molecule has 0 bridgehead atoms. The summed E-state index contributed by atoms with van der Waals surface area (Å²) < 4.78 is 0. The molecule has 0 saturated carbocycles. The lowest BCUT2D eigenvalue weighted by molar-refractivity contribution is 0.0941. The Labute approximate surface area is 112 Å². The van der Waals surface area contributed by atoms with Gasteiger partial charge in [0.2, 0.25) is 0 Å². The van der Waals surface area contributed by atoms with Crippen molar-refractivity contribution in [2.75, 3.05) is 0 Å². The molecule has 0 heterocycles. The first-order valence-electron chi connectivity index (χ1n) is 6.02. The van der Waals surface area contributed by atoms with Crippen LogP contribution in [0.2, 0.25) is 0 Å². The fourth-order valence-electron chi connectivity index (χ4n) is 1.82. The fourth-order valence-corrected chi connectivity index (χ4v) is 1.89. The van der Waals surface area contributed by atoms with Crippen molar-refractivity contribution in [1.29, 1.82) is 0 Å². The molecule has 2 aromatic rings. The van der Waals surface area contributed by atoms with Crippen molar-refractivity contribution in [3.63, 3.8) is 0 Å². The van der Waals surface area contributed by atoms with Gasteiger partial charge in [-0.1, -0.05) is 36.4 Å². The third-order valence-electron chi connectivity index (χ3n) is 3.08. The standard InChI is InChI=1S/C15H16ClNO/c1-10(16)11(2)17-15(18)14-9-5-7-12-6-3-4-8-13(12)14/h3-11H,1-2H3,(H,17,18)/t10-,11?/m0/s1. The fraction of sp³-hybridized carbons (Fsp3) is 0.267. The van der Waals surface area contributed by atoms with Gasteiger partial charge in [0.25, 0.3) is 5.91 Å². The van der Waals surface area contributed by atoms with E-state index < -0.39 is 0 Å². The Balaban J connectivity index is 2.33. The second-order valence-corrected chi connectivity index (χ2v) is 5.15. The molecule has 0 fully saturated rings. The number of halogens is 1. The van der Waals surface area contributed by atoms with Crippen molar-refractivity contribution < 1.29 is 4.79 Å². The van der Waals surface area contributed by atoms with E-state index in [1.165, 1.54) is 0 Å². The van der Waals surface area contributed by atoms with Crippen LogP contribution >= 0.6 is 11.6 Å². The number of carbonyl (C=O) groups excluding carboxylic acids is 1. The number of alkyl halides is 1. The molecule has 3 heteroatoms. The zero-order valence-electron chi connectivity index (χ0n) is 10.5. The molecule has 0 aliphatic heterocycles. The summed E-state index contributed by atoms with van der Waals surface area (Å²) in [5, 5.41) is 4.85. The highest BCUT2D eigenvalue weighted by molar-refractivity contribution is 6.21. The van der Waals surface area contributed by atoms with E-state index in [0.29, 0.717) is 5.56 Å². The molecular weight excluding hydrogens is 246 g/mol. The largest absolute Gasteiger partial charge is 0.348 e. The van der Waals surface area contributed by atoms with Crippen molar-refractivity contribution in [3.8, 4) is 0 Å². The van der Waals surface area contributed by atoms with Crippen LogP contribution in [0.15, 0.2) is 42.5 Å². The van der Waals surface area contributed by atoms with Crippen LogP contribution in [0.4, 0.5) is 0 Å². The van der Waals surface area contributed by atoms with Crippen molar-refractivity contribution in [3.05, 3.63) is 48.0 Å². The molecule has 94 valence electrons. The van der Waals surface area contributed by atoms with Crippen molar-refractivity contribution in [2.24, 2.45) is 0 Å². The topological polar surface area (TPSA) is 29.1 Å². The summed E-state index contributed by atoms with van der Waals surface area (Å²) in [6.45, 7) is 3.77. The molecule has 0 saturated heterocycles. The maximum atomic E-state index is 12.2. The third kappa shape index (κ3) is 2.65. The summed E-state index contributed by atoms with van der Waals surface area (Å²) in [6, 6.07) is 13.5. The van der Waals surface area contributed by atoms with Gasteiger partial charge < -0.3 is 5.32 Å². The zero-order valence-corrected chi connectivity index (χ0v) is 11.2. The number of amides is 1. The van der Waals surface area contributed by atoms with E-state index in [1.807, 2.05) is 56.3 Å². The monoisotopic (exact) mass is 261 g/mol. The normalized spacial score (nSPS) is 14.2.